The molecule has 2 nitrogen and oxygen atoms in total. The Labute approximate surface area is 114 Å². The van der Waals surface area contributed by atoms with Crippen molar-refractivity contribution in [3.05, 3.63) is 29.3 Å². The zero-order chi connectivity index (χ0) is 12.9. The molecule has 1 heterocycles. The van der Waals surface area contributed by atoms with Crippen LogP contribution in [0.5, 0.6) is 5.75 Å². The molecule has 1 aromatic rings. The molecule has 3 heteroatoms. The van der Waals surface area contributed by atoms with Gasteiger partial charge in [0, 0.05) is 11.5 Å². The summed E-state index contributed by atoms with van der Waals surface area (Å²) in [7, 11) is 3.91. The molecule has 98 valence electrons. The van der Waals surface area contributed by atoms with Crippen LogP contribution in [-0.2, 0) is 11.8 Å². The van der Waals surface area contributed by atoms with Crippen LogP contribution in [0.3, 0.4) is 0 Å². The van der Waals surface area contributed by atoms with Gasteiger partial charge in [-0.2, -0.15) is 0 Å². The fraction of sp³-hybridized carbons (Fsp3) is 0.600. The highest BCUT2D eigenvalue weighted by Gasteiger charge is 2.49. The SMILES string of the molecule is COc1ccc2c(c1)[C@]1(C)CCN(C)[C@H](C2)C1Cl. The van der Waals surface area contributed by atoms with Gasteiger partial charge in [-0.05, 0) is 49.7 Å². The molecule has 0 saturated carbocycles. The second kappa shape index (κ2) is 4.14. The minimum Gasteiger partial charge on any atom is -0.497 e. The number of ether oxygens (including phenoxy) is 1. The molecule has 2 aliphatic rings. The van der Waals surface area contributed by atoms with Gasteiger partial charge >= 0.3 is 0 Å². The Kier molecular flexibility index (Phi) is 2.83. The van der Waals surface area contributed by atoms with Gasteiger partial charge in [-0.3, -0.25) is 0 Å². The molecule has 0 spiro atoms. The van der Waals surface area contributed by atoms with Crippen LogP contribution in [0, 0.1) is 0 Å². The van der Waals surface area contributed by atoms with Crippen LogP contribution in [0.2, 0.25) is 0 Å². The number of alkyl halides is 1. The second-order valence-corrected chi connectivity index (χ2v) is 6.31. The number of nitrogens with zero attached hydrogens (tertiary/aromatic N) is 1. The summed E-state index contributed by atoms with van der Waals surface area (Å²) in [5.41, 5.74) is 2.92. The number of methoxy groups -OCH3 is 1. The zero-order valence-electron chi connectivity index (χ0n) is 11.2. The van der Waals surface area contributed by atoms with Gasteiger partial charge < -0.3 is 9.64 Å². The zero-order valence-corrected chi connectivity index (χ0v) is 12.0. The molecule has 3 rings (SSSR count). The Hall–Kier alpha value is -0.730. The molecule has 3 atom stereocenters. The average Bonchev–Trinajstić information content (AvgIpc) is 2.38. The number of halogens is 1. The largest absolute Gasteiger partial charge is 0.497 e. The first-order chi connectivity index (χ1) is 8.56. The van der Waals surface area contributed by atoms with Crippen molar-refractivity contribution < 1.29 is 4.74 Å². The third-order valence-corrected chi connectivity index (χ3v) is 5.63. The van der Waals surface area contributed by atoms with Crippen molar-refractivity contribution in [2.24, 2.45) is 0 Å². The van der Waals surface area contributed by atoms with Crippen LogP contribution >= 0.6 is 11.6 Å². The first kappa shape index (κ1) is 12.3. The van der Waals surface area contributed by atoms with E-state index in [1.165, 1.54) is 11.1 Å². The van der Waals surface area contributed by atoms with Crippen molar-refractivity contribution in [1.29, 1.82) is 0 Å². The number of piperidine rings is 1. The Morgan fingerprint density at radius 1 is 1.44 bits per heavy atom. The van der Waals surface area contributed by atoms with Crippen LogP contribution < -0.4 is 4.74 Å². The van der Waals surface area contributed by atoms with Crippen molar-refractivity contribution in [1.82, 2.24) is 4.90 Å². The highest BCUT2D eigenvalue weighted by molar-refractivity contribution is 6.22. The number of hydrogen-bond acceptors (Lipinski definition) is 2. The van der Waals surface area contributed by atoms with E-state index >= 15 is 0 Å². The summed E-state index contributed by atoms with van der Waals surface area (Å²) in [5, 5.41) is 0.191. The maximum atomic E-state index is 6.76. The first-order valence-electron chi connectivity index (χ1n) is 6.58. The van der Waals surface area contributed by atoms with E-state index in [1.54, 1.807) is 7.11 Å². The van der Waals surface area contributed by atoms with Crippen molar-refractivity contribution in [3.8, 4) is 5.75 Å². The van der Waals surface area contributed by atoms with Gasteiger partial charge in [-0.15, -0.1) is 11.6 Å². The number of rotatable bonds is 1. The molecular formula is C15H20ClNO. The lowest BCUT2D eigenvalue weighted by molar-refractivity contribution is 0.118. The van der Waals surface area contributed by atoms with E-state index in [9.17, 15) is 0 Å². The third kappa shape index (κ3) is 1.59. The van der Waals surface area contributed by atoms with Crippen LogP contribution in [-0.4, -0.2) is 37.0 Å². The molecule has 0 N–H and O–H groups in total. The highest BCUT2D eigenvalue weighted by atomic mass is 35.5. The average molecular weight is 266 g/mol. The number of fused-ring (bicyclic) bond motifs is 4. The highest BCUT2D eigenvalue weighted by Crippen LogP contribution is 2.47. The Bertz CT molecular complexity index is 476. The number of likely N-dealkylation sites (N-methyl/N-ethyl adjacent to an activating group) is 1. The molecule has 1 saturated heterocycles. The minimum atomic E-state index is 0.0842. The molecule has 0 radical (unpaired) electrons. The third-order valence-electron chi connectivity index (χ3n) is 4.86. The van der Waals surface area contributed by atoms with E-state index in [1.807, 2.05) is 0 Å². The van der Waals surface area contributed by atoms with E-state index in [0.717, 1.165) is 25.1 Å². The summed E-state index contributed by atoms with van der Waals surface area (Å²) < 4.78 is 5.37. The molecule has 2 bridgehead atoms. The van der Waals surface area contributed by atoms with Gasteiger partial charge in [0.25, 0.3) is 0 Å². The van der Waals surface area contributed by atoms with Crippen molar-refractivity contribution in [2.45, 2.75) is 36.6 Å². The van der Waals surface area contributed by atoms with Crippen molar-refractivity contribution in [2.75, 3.05) is 20.7 Å². The lowest BCUT2D eigenvalue weighted by Crippen LogP contribution is -2.58. The number of likely N-dealkylation sites (tertiary alicyclic amines) is 1. The normalized spacial score (nSPS) is 35.1. The van der Waals surface area contributed by atoms with E-state index < -0.39 is 0 Å². The van der Waals surface area contributed by atoms with E-state index in [-0.39, 0.29) is 10.8 Å². The molecule has 1 aromatic carbocycles. The van der Waals surface area contributed by atoms with Gasteiger partial charge in [-0.25, -0.2) is 0 Å². The van der Waals surface area contributed by atoms with Crippen molar-refractivity contribution >= 4 is 11.6 Å². The predicted octanol–water partition coefficient (Wildman–Crippen LogP) is 2.82. The molecule has 1 fully saturated rings. The number of benzene rings is 1. The van der Waals surface area contributed by atoms with Crippen LogP contribution in [0.15, 0.2) is 18.2 Å². The van der Waals surface area contributed by atoms with E-state index in [2.05, 4.69) is 37.1 Å². The van der Waals surface area contributed by atoms with Crippen molar-refractivity contribution in [3.63, 3.8) is 0 Å². The van der Waals surface area contributed by atoms with Crippen LogP contribution in [0.1, 0.15) is 24.5 Å². The van der Waals surface area contributed by atoms with Gasteiger partial charge in [0.1, 0.15) is 5.75 Å². The fourth-order valence-corrected chi connectivity index (χ4v) is 4.03. The summed E-state index contributed by atoms with van der Waals surface area (Å²) in [5.74, 6) is 0.941. The Morgan fingerprint density at radius 3 is 2.94 bits per heavy atom. The van der Waals surface area contributed by atoms with E-state index in [0.29, 0.717) is 6.04 Å². The van der Waals surface area contributed by atoms with Gasteiger partial charge in [0.05, 0.1) is 12.5 Å². The molecule has 1 aliphatic heterocycles. The Morgan fingerprint density at radius 2 is 2.22 bits per heavy atom. The van der Waals surface area contributed by atoms with E-state index in [4.69, 9.17) is 16.3 Å². The Balaban J connectivity index is 2.13. The molecule has 1 unspecified atom stereocenters. The lowest BCUT2D eigenvalue weighted by atomic mass is 9.64. The van der Waals surface area contributed by atoms with Crippen LogP contribution in [0.25, 0.3) is 0 Å². The fourth-order valence-electron chi connectivity index (χ4n) is 3.52. The topological polar surface area (TPSA) is 12.5 Å². The number of hydrogen-bond donors (Lipinski definition) is 0. The van der Waals surface area contributed by atoms with Gasteiger partial charge in [-0.1, -0.05) is 13.0 Å². The maximum absolute atomic E-state index is 6.76. The standard InChI is InChI=1S/C15H20ClNO/c1-15-6-7-17(2)13(14(15)16)8-10-4-5-11(18-3)9-12(10)15/h4-5,9,13-14H,6-8H2,1-3H3/t13-,14?,15+/m1/s1. The van der Waals surface area contributed by atoms with Gasteiger partial charge in [0.2, 0.25) is 0 Å². The predicted molar refractivity (Wildman–Crippen MR) is 74.7 cm³/mol. The quantitative estimate of drug-likeness (QED) is 0.724. The lowest BCUT2D eigenvalue weighted by Gasteiger charge is -2.52. The summed E-state index contributed by atoms with van der Waals surface area (Å²) >= 11 is 6.76. The van der Waals surface area contributed by atoms with Gasteiger partial charge in [0.15, 0.2) is 0 Å². The molecule has 0 aromatic heterocycles. The summed E-state index contributed by atoms with van der Waals surface area (Å²) in [6.45, 7) is 3.43. The minimum absolute atomic E-state index is 0.0842. The molecule has 0 amide bonds. The monoisotopic (exact) mass is 265 g/mol. The summed E-state index contributed by atoms with van der Waals surface area (Å²) in [4.78, 5) is 2.41. The maximum Gasteiger partial charge on any atom is 0.119 e. The molecular weight excluding hydrogens is 246 g/mol. The first-order valence-corrected chi connectivity index (χ1v) is 7.01. The molecule has 18 heavy (non-hydrogen) atoms. The smallest absolute Gasteiger partial charge is 0.119 e. The molecule has 1 aliphatic carbocycles. The summed E-state index contributed by atoms with van der Waals surface area (Å²) in [6.07, 6.45) is 2.17. The second-order valence-electron chi connectivity index (χ2n) is 5.84. The van der Waals surface area contributed by atoms with Crippen LogP contribution in [0.4, 0.5) is 0 Å². The summed E-state index contributed by atoms with van der Waals surface area (Å²) in [6, 6.07) is 6.92.